The van der Waals surface area contributed by atoms with Gasteiger partial charge in [-0.15, -0.1) is 11.3 Å². The lowest BCUT2D eigenvalue weighted by Crippen LogP contribution is -2.28. The Morgan fingerprint density at radius 3 is 2.39 bits per heavy atom. The molecule has 7 rings (SSSR count). The number of halogens is 3. The molecule has 0 saturated heterocycles. The Bertz CT molecular complexity index is 2150. The van der Waals surface area contributed by atoms with Gasteiger partial charge in [0.2, 0.25) is 0 Å². The lowest BCUT2D eigenvalue weighted by Gasteiger charge is -2.13. The van der Waals surface area contributed by atoms with E-state index in [0.717, 1.165) is 42.0 Å². The third-order valence-electron chi connectivity index (χ3n) is 6.31. The summed E-state index contributed by atoms with van der Waals surface area (Å²) in [5.74, 6) is -0.435. The second kappa shape index (κ2) is 7.08. The summed E-state index contributed by atoms with van der Waals surface area (Å²) in [6.07, 6.45) is 0. The molecule has 0 saturated carbocycles. The van der Waals surface area contributed by atoms with E-state index in [2.05, 4.69) is 16.3 Å². The van der Waals surface area contributed by atoms with Crippen LogP contribution in [-0.4, -0.2) is 23.3 Å². The van der Waals surface area contributed by atoms with Gasteiger partial charge in [0.15, 0.2) is 0 Å². The first kappa shape index (κ1) is 21.4. The van der Waals surface area contributed by atoms with Crippen molar-refractivity contribution in [2.75, 3.05) is 0 Å². The van der Waals surface area contributed by atoms with Crippen LogP contribution < -0.4 is 4.18 Å². The zero-order valence-corrected chi connectivity index (χ0v) is 19.7. The van der Waals surface area contributed by atoms with Gasteiger partial charge in [-0.1, -0.05) is 36.4 Å². The molecule has 0 unspecified atom stereocenters. The van der Waals surface area contributed by atoms with Crippen molar-refractivity contribution < 1.29 is 25.8 Å². The Hall–Kier alpha value is -3.89. The molecule has 0 bridgehead atoms. The average Bonchev–Trinajstić information content (AvgIpc) is 3.42. The molecule has 3 aromatic heterocycles. The molecular weight excluding hydrogens is 509 g/mol. The second-order valence-electron chi connectivity index (χ2n) is 8.38. The van der Waals surface area contributed by atoms with Crippen LogP contribution in [0.1, 0.15) is 0 Å². The molecule has 0 amide bonds. The predicted octanol–water partition coefficient (Wildman–Crippen LogP) is 7.39. The van der Waals surface area contributed by atoms with Crippen LogP contribution in [0, 0.1) is 0 Å². The number of aromatic nitrogens is 2. The van der Waals surface area contributed by atoms with Gasteiger partial charge in [-0.3, -0.25) is 4.40 Å². The molecule has 36 heavy (non-hydrogen) atoms. The van der Waals surface area contributed by atoms with E-state index >= 15 is 0 Å². The maximum atomic E-state index is 13.0. The summed E-state index contributed by atoms with van der Waals surface area (Å²) in [7, 11) is -5.81. The van der Waals surface area contributed by atoms with Gasteiger partial charge in [-0.2, -0.15) is 21.6 Å². The van der Waals surface area contributed by atoms with Crippen LogP contribution in [0.25, 0.3) is 58.5 Å². The third-order valence-corrected chi connectivity index (χ3v) is 8.43. The highest BCUT2D eigenvalue weighted by Gasteiger charge is 2.48. The number of imidazole rings is 1. The van der Waals surface area contributed by atoms with Crippen molar-refractivity contribution in [3.05, 3.63) is 78.9 Å². The number of benzene rings is 4. The largest absolute Gasteiger partial charge is 0.534 e. The van der Waals surface area contributed by atoms with Crippen molar-refractivity contribution in [1.82, 2.24) is 9.38 Å². The molecule has 0 fully saturated rings. The van der Waals surface area contributed by atoms with Crippen LogP contribution in [0.2, 0.25) is 0 Å². The van der Waals surface area contributed by atoms with E-state index in [0.29, 0.717) is 16.6 Å². The molecule has 0 aliphatic carbocycles. The summed E-state index contributed by atoms with van der Waals surface area (Å²) in [5, 5.41) is 4.22. The minimum Gasteiger partial charge on any atom is -0.376 e. The van der Waals surface area contributed by atoms with Gasteiger partial charge >= 0.3 is 15.6 Å². The minimum atomic E-state index is -5.81. The summed E-state index contributed by atoms with van der Waals surface area (Å²) < 4.78 is 70.8. The number of hydrogen-bond donors (Lipinski definition) is 0. The van der Waals surface area contributed by atoms with Crippen molar-refractivity contribution in [3.63, 3.8) is 0 Å². The molecule has 0 aliphatic heterocycles. The van der Waals surface area contributed by atoms with Crippen molar-refractivity contribution in [2.45, 2.75) is 5.51 Å². The first-order valence-corrected chi connectivity index (χ1v) is 13.0. The first-order valence-electron chi connectivity index (χ1n) is 10.8. The summed E-state index contributed by atoms with van der Waals surface area (Å²) in [4.78, 5) is 4.79. The van der Waals surface area contributed by atoms with Gasteiger partial charge in [0.05, 0.1) is 16.6 Å². The minimum absolute atomic E-state index is 0.435. The van der Waals surface area contributed by atoms with Crippen LogP contribution in [0.5, 0.6) is 5.75 Å². The monoisotopic (exact) mass is 522 g/mol. The van der Waals surface area contributed by atoms with Crippen molar-refractivity contribution in [2.24, 2.45) is 0 Å². The van der Waals surface area contributed by atoms with Gasteiger partial charge in [0.1, 0.15) is 11.4 Å². The van der Waals surface area contributed by atoms with Crippen LogP contribution in [-0.2, 0) is 10.1 Å². The number of para-hydroxylation sites is 2. The SMILES string of the molecule is O=S(=O)(Oc1ccc2c(c1)c1nc3ccccc3n1c1c2ccc2sc3ccccc3c21)C(F)(F)F. The van der Waals surface area contributed by atoms with E-state index in [4.69, 9.17) is 4.98 Å². The van der Waals surface area contributed by atoms with Gasteiger partial charge < -0.3 is 4.18 Å². The number of pyridine rings is 1. The van der Waals surface area contributed by atoms with Gasteiger partial charge in [0, 0.05) is 30.9 Å². The Labute approximate surface area is 205 Å². The van der Waals surface area contributed by atoms with Crippen molar-refractivity contribution >= 4 is 80.0 Å². The number of fused-ring (bicyclic) bond motifs is 12. The summed E-state index contributed by atoms with van der Waals surface area (Å²) in [5.41, 5.74) is -2.57. The quantitative estimate of drug-likeness (QED) is 0.135. The Kier molecular flexibility index (Phi) is 4.21. The molecule has 3 heterocycles. The maximum absolute atomic E-state index is 13.0. The Morgan fingerprint density at radius 1 is 0.806 bits per heavy atom. The molecule has 178 valence electrons. The molecule has 0 aliphatic rings. The van der Waals surface area contributed by atoms with E-state index in [-0.39, 0.29) is 0 Å². The molecule has 5 nitrogen and oxygen atoms in total. The summed E-state index contributed by atoms with van der Waals surface area (Å²) >= 11 is 1.68. The van der Waals surface area contributed by atoms with E-state index in [1.807, 2.05) is 52.9 Å². The molecule has 0 radical (unpaired) electrons. The Morgan fingerprint density at radius 2 is 1.56 bits per heavy atom. The number of hydrogen-bond acceptors (Lipinski definition) is 5. The zero-order valence-electron chi connectivity index (χ0n) is 18.1. The van der Waals surface area contributed by atoms with Gasteiger partial charge in [-0.25, -0.2) is 4.98 Å². The van der Waals surface area contributed by atoms with Crippen molar-refractivity contribution in [1.29, 1.82) is 0 Å². The van der Waals surface area contributed by atoms with Crippen LogP contribution in [0.3, 0.4) is 0 Å². The third kappa shape index (κ3) is 2.88. The number of thiophene rings is 1. The molecule has 10 heteroatoms. The topological polar surface area (TPSA) is 60.7 Å². The average molecular weight is 523 g/mol. The highest BCUT2D eigenvalue weighted by Crippen LogP contribution is 2.43. The summed E-state index contributed by atoms with van der Waals surface area (Å²) in [6, 6.07) is 23.8. The van der Waals surface area contributed by atoms with Crippen LogP contribution in [0.15, 0.2) is 78.9 Å². The van der Waals surface area contributed by atoms with Gasteiger partial charge in [-0.05, 0) is 47.9 Å². The zero-order chi connectivity index (χ0) is 24.8. The smallest absolute Gasteiger partial charge is 0.376 e. The van der Waals surface area contributed by atoms with Gasteiger partial charge in [0.25, 0.3) is 0 Å². The normalized spacial score (nSPS) is 13.1. The molecule has 0 atom stereocenters. The van der Waals surface area contributed by atoms with Crippen LogP contribution in [0.4, 0.5) is 13.2 Å². The fourth-order valence-corrected chi connectivity index (χ4v) is 6.41. The van der Waals surface area contributed by atoms with E-state index < -0.39 is 21.4 Å². The van der Waals surface area contributed by atoms with E-state index in [9.17, 15) is 21.6 Å². The molecular formula is C26H13F3N2O3S2. The fraction of sp³-hybridized carbons (Fsp3) is 0.0385. The highest BCUT2D eigenvalue weighted by atomic mass is 32.2. The Balaban J connectivity index is 1.68. The number of rotatable bonds is 2. The number of nitrogens with zero attached hydrogens (tertiary/aromatic N) is 2. The van der Waals surface area contributed by atoms with E-state index in [1.54, 1.807) is 17.4 Å². The molecule has 7 aromatic rings. The lowest BCUT2D eigenvalue weighted by atomic mass is 10.0. The first-order chi connectivity index (χ1) is 17.2. The highest BCUT2D eigenvalue weighted by molar-refractivity contribution is 7.88. The second-order valence-corrected chi connectivity index (χ2v) is 11.0. The van der Waals surface area contributed by atoms with E-state index in [1.165, 1.54) is 12.1 Å². The standard InChI is InChI=1S/C26H13F3N2O3S2/c27-26(28,29)36(32,33)34-14-9-10-15-16-11-12-22-23(17-5-1-4-8-21(17)35-22)24(16)31-20-7-3-2-6-19(20)30-25(31)18(15)13-14/h1-13H. The predicted molar refractivity (Wildman–Crippen MR) is 136 cm³/mol. The number of alkyl halides is 3. The molecule has 0 spiro atoms. The summed E-state index contributed by atoms with van der Waals surface area (Å²) in [6.45, 7) is 0. The fourth-order valence-electron chi connectivity index (χ4n) is 4.85. The van der Waals surface area contributed by atoms with Crippen LogP contribution >= 0.6 is 11.3 Å². The molecule has 0 N–H and O–H groups in total. The lowest BCUT2D eigenvalue weighted by molar-refractivity contribution is -0.0500. The van der Waals surface area contributed by atoms with Crippen molar-refractivity contribution in [3.8, 4) is 5.75 Å². The molecule has 4 aromatic carbocycles. The maximum Gasteiger partial charge on any atom is 0.534 e.